The van der Waals surface area contributed by atoms with E-state index in [2.05, 4.69) is 0 Å². The molecule has 1 aromatic heterocycles. The molecule has 0 spiro atoms. The minimum Gasteiger partial charge on any atom is -0.497 e. The molecule has 1 aliphatic heterocycles. The number of carbonyl (C=O) groups is 1. The predicted molar refractivity (Wildman–Crippen MR) is 136 cm³/mol. The lowest BCUT2D eigenvalue weighted by Gasteiger charge is -2.25. The summed E-state index contributed by atoms with van der Waals surface area (Å²) in [5.41, 5.74) is 3.34. The molecule has 36 heavy (non-hydrogen) atoms. The molecule has 7 heteroatoms. The molecule has 0 N–H and O–H groups in total. The smallest absolute Gasteiger partial charge is 0.290 e. The van der Waals surface area contributed by atoms with Gasteiger partial charge in [0.15, 0.2) is 16.9 Å². The average Bonchev–Trinajstić information content (AvgIpc) is 3.19. The highest BCUT2D eigenvalue weighted by molar-refractivity contribution is 5.99. The van der Waals surface area contributed by atoms with Crippen LogP contribution in [0.2, 0.25) is 0 Å². The molecule has 1 aliphatic rings. The Bertz CT molecular complexity index is 1510. The second-order valence-corrected chi connectivity index (χ2v) is 8.79. The van der Waals surface area contributed by atoms with Crippen molar-refractivity contribution in [1.29, 1.82) is 0 Å². The van der Waals surface area contributed by atoms with Crippen LogP contribution in [0.25, 0.3) is 11.0 Å². The van der Waals surface area contributed by atoms with E-state index in [-0.39, 0.29) is 17.1 Å². The molecular weight excluding hydrogens is 458 g/mol. The fourth-order valence-corrected chi connectivity index (χ4v) is 4.78. The Hall–Kier alpha value is -4.26. The fraction of sp³-hybridized carbons (Fsp3) is 0.241. The predicted octanol–water partition coefficient (Wildman–Crippen LogP) is 4.92. The standard InChI is InChI=1S/C29H27NO6/c1-17-5-11-22-21(15-17)27(31)25-26(19-7-9-20(33-2)10-8-19)30(29(32)28(25)36-22)14-13-18-6-12-23(34-3)24(16-18)35-4/h5-12,15-16,26H,13-14H2,1-4H3/t26-/m1/s1. The molecule has 3 aromatic carbocycles. The number of benzene rings is 3. The van der Waals surface area contributed by atoms with Crippen LogP contribution in [0, 0.1) is 6.92 Å². The molecule has 5 rings (SSSR count). The summed E-state index contributed by atoms with van der Waals surface area (Å²) in [5.74, 6) is 1.76. The van der Waals surface area contributed by atoms with Crippen LogP contribution in [-0.2, 0) is 6.42 Å². The lowest BCUT2D eigenvalue weighted by molar-refractivity contribution is 0.0730. The maximum atomic E-state index is 13.7. The van der Waals surface area contributed by atoms with Crippen molar-refractivity contribution in [3.05, 3.63) is 98.9 Å². The average molecular weight is 486 g/mol. The molecule has 2 heterocycles. The van der Waals surface area contributed by atoms with Crippen LogP contribution < -0.4 is 19.6 Å². The Kier molecular flexibility index (Phi) is 6.14. The Morgan fingerprint density at radius 1 is 0.861 bits per heavy atom. The molecule has 184 valence electrons. The van der Waals surface area contributed by atoms with Gasteiger partial charge in [-0.25, -0.2) is 0 Å². The third kappa shape index (κ3) is 3.96. The van der Waals surface area contributed by atoms with Crippen molar-refractivity contribution >= 4 is 16.9 Å². The molecule has 1 amide bonds. The third-order valence-corrected chi connectivity index (χ3v) is 6.64. The van der Waals surface area contributed by atoms with Gasteiger partial charge in [0.2, 0.25) is 5.76 Å². The van der Waals surface area contributed by atoms with E-state index in [1.165, 1.54) is 0 Å². The third-order valence-electron chi connectivity index (χ3n) is 6.64. The van der Waals surface area contributed by atoms with Crippen LogP contribution in [-0.4, -0.2) is 38.7 Å². The summed E-state index contributed by atoms with van der Waals surface area (Å²) in [6.07, 6.45) is 0.555. The lowest BCUT2D eigenvalue weighted by atomic mass is 9.98. The second-order valence-electron chi connectivity index (χ2n) is 8.79. The number of methoxy groups -OCH3 is 3. The van der Waals surface area contributed by atoms with E-state index >= 15 is 0 Å². The first-order chi connectivity index (χ1) is 17.4. The summed E-state index contributed by atoms with van der Waals surface area (Å²) in [6.45, 7) is 2.30. The van der Waals surface area contributed by atoms with Gasteiger partial charge in [-0.2, -0.15) is 0 Å². The van der Waals surface area contributed by atoms with Crippen LogP contribution in [0.1, 0.15) is 38.9 Å². The zero-order chi connectivity index (χ0) is 25.4. The van der Waals surface area contributed by atoms with Gasteiger partial charge < -0.3 is 23.5 Å². The summed E-state index contributed by atoms with van der Waals surface area (Å²) in [5, 5.41) is 0.474. The maximum Gasteiger partial charge on any atom is 0.290 e. The van der Waals surface area contributed by atoms with Gasteiger partial charge in [0.1, 0.15) is 11.3 Å². The maximum absolute atomic E-state index is 13.7. The van der Waals surface area contributed by atoms with Gasteiger partial charge in [-0.05, 0) is 60.9 Å². The number of rotatable bonds is 7. The zero-order valence-corrected chi connectivity index (χ0v) is 20.7. The highest BCUT2D eigenvalue weighted by atomic mass is 16.5. The highest BCUT2D eigenvalue weighted by Gasteiger charge is 2.42. The second kappa shape index (κ2) is 9.41. The first kappa shape index (κ1) is 23.5. The van der Waals surface area contributed by atoms with Crippen molar-refractivity contribution in [3.8, 4) is 17.2 Å². The van der Waals surface area contributed by atoms with Gasteiger partial charge in [-0.3, -0.25) is 9.59 Å². The summed E-state index contributed by atoms with van der Waals surface area (Å²) < 4.78 is 22.1. The Morgan fingerprint density at radius 3 is 2.31 bits per heavy atom. The van der Waals surface area contributed by atoms with Gasteiger partial charge in [-0.15, -0.1) is 0 Å². The van der Waals surface area contributed by atoms with Gasteiger partial charge in [0, 0.05) is 6.54 Å². The van der Waals surface area contributed by atoms with Crippen LogP contribution in [0.15, 0.2) is 69.9 Å². The molecule has 0 aliphatic carbocycles. The fourth-order valence-electron chi connectivity index (χ4n) is 4.78. The van der Waals surface area contributed by atoms with Crippen molar-refractivity contribution in [3.63, 3.8) is 0 Å². The topological polar surface area (TPSA) is 78.2 Å². The van der Waals surface area contributed by atoms with Crippen molar-refractivity contribution in [1.82, 2.24) is 4.90 Å². The first-order valence-electron chi connectivity index (χ1n) is 11.7. The number of carbonyl (C=O) groups excluding carboxylic acids is 1. The van der Waals surface area contributed by atoms with Crippen molar-refractivity contribution < 1.29 is 23.4 Å². The molecule has 0 saturated carbocycles. The van der Waals surface area contributed by atoms with Crippen LogP contribution in [0.5, 0.6) is 17.2 Å². The number of hydrogen-bond donors (Lipinski definition) is 0. The zero-order valence-electron chi connectivity index (χ0n) is 20.7. The van der Waals surface area contributed by atoms with Gasteiger partial charge in [-0.1, -0.05) is 29.8 Å². The molecule has 0 fully saturated rings. The minimum atomic E-state index is -0.570. The molecule has 1 atom stereocenters. The van der Waals surface area contributed by atoms with E-state index in [1.54, 1.807) is 32.3 Å². The van der Waals surface area contributed by atoms with Crippen LogP contribution in [0.3, 0.4) is 0 Å². The van der Waals surface area contributed by atoms with E-state index in [0.29, 0.717) is 46.7 Å². The molecule has 0 bridgehead atoms. The highest BCUT2D eigenvalue weighted by Crippen LogP contribution is 2.39. The quantitative estimate of drug-likeness (QED) is 0.370. The number of nitrogens with zero attached hydrogens (tertiary/aromatic N) is 1. The lowest BCUT2D eigenvalue weighted by Crippen LogP contribution is -2.31. The normalized spacial score (nSPS) is 14.7. The Balaban J connectivity index is 1.58. The van der Waals surface area contributed by atoms with Crippen LogP contribution in [0.4, 0.5) is 0 Å². The number of fused-ring (bicyclic) bond motifs is 2. The van der Waals surface area contributed by atoms with Crippen LogP contribution >= 0.6 is 0 Å². The van der Waals surface area contributed by atoms with E-state index < -0.39 is 6.04 Å². The van der Waals surface area contributed by atoms with Gasteiger partial charge >= 0.3 is 0 Å². The largest absolute Gasteiger partial charge is 0.497 e. The van der Waals surface area contributed by atoms with Gasteiger partial charge in [0.05, 0.1) is 38.3 Å². The minimum absolute atomic E-state index is 0.101. The van der Waals surface area contributed by atoms with Crippen molar-refractivity contribution in [2.45, 2.75) is 19.4 Å². The van der Waals surface area contributed by atoms with Crippen molar-refractivity contribution in [2.24, 2.45) is 0 Å². The Labute approximate surface area is 208 Å². The molecule has 0 radical (unpaired) electrons. The number of aryl methyl sites for hydroxylation is 1. The molecule has 0 unspecified atom stereocenters. The summed E-state index contributed by atoms with van der Waals surface area (Å²) in [4.78, 5) is 29.0. The SMILES string of the molecule is COc1ccc([C@@H]2c3c(oc4ccc(C)cc4c3=O)C(=O)N2CCc2ccc(OC)c(OC)c2)cc1. The van der Waals surface area contributed by atoms with E-state index in [1.807, 2.05) is 61.5 Å². The van der Waals surface area contributed by atoms with Crippen molar-refractivity contribution in [2.75, 3.05) is 27.9 Å². The van der Waals surface area contributed by atoms with E-state index in [0.717, 1.165) is 16.7 Å². The number of amides is 1. The summed E-state index contributed by atoms with van der Waals surface area (Å²) >= 11 is 0. The van der Waals surface area contributed by atoms with E-state index in [4.69, 9.17) is 18.6 Å². The Morgan fingerprint density at radius 2 is 1.61 bits per heavy atom. The molecule has 0 saturated heterocycles. The molecule has 4 aromatic rings. The summed E-state index contributed by atoms with van der Waals surface area (Å²) in [7, 11) is 4.78. The van der Waals surface area contributed by atoms with E-state index in [9.17, 15) is 9.59 Å². The number of ether oxygens (including phenoxy) is 3. The molecular formula is C29H27NO6. The monoisotopic (exact) mass is 485 g/mol. The summed E-state index contributed by atoms with van der Waals surface area (Å²) in [6, 6.07) is 18.0. The van der Waals surface area contributed by atoms with Gasteiger partial charge in [0.25, 0.3) is 5.91 Å². The first-order valence-corrected chi connectivity index (χ1v) is 11.7. The molecule has 7 nitrogen and oxygen atoms in total. The number of hydrogen-bond acceptors (Lipinski definition) is 6.